The van der Waals surface area contributed by atoms with E-state index in [1.807, 2.05) is 13.8 Å². The van der Waals surface area contributed by atoms with Gasteiger partial charge in [0.25, 0.3) is 11.8 Å². The molecule has 3 rings (SSSR count). The van der Waals surface area contributed by atoms with E-state index >= 15 is 0 Å². The number of carbonyl (C=O) groups is 2. The summed E-state index contributed by atoms with van der Waals surface area (Å²) < 4.78 is 11.0. The van der Waals surface area contributed by atoms with Gasteiger partial charge in [0.1, 0.15) is 13.2 Å². The SMILES string of the molecule is CC[NH+](CC(=O)Nc1ccc2c(c1)OCCO2)CC(=O)Nc1ccc(Cl)cc1C. The molecular formula is C21H25ClN3O4+. The third kappa shape index (κ3) is 5.85. The Bertz CT molecular complexity index is 903. The minimum atomic E-state index is -0.172. The summed E-state index contributed by atoms with van der Waals surface area (Å²) in [4.78, 5) is 25.7. The molecule has 0 aliphatic carbocycles. The molecule has 0 fully saturated rings. The largest absolute Gasteiger partial charge is 0.486 e. The van der Waals surface area contributed by atoms with Crippen molar-refractivity contribution in [1.29, 1.82) is 0 Å². The van der Waals surface area contributed by atoms with E-state index in [1.54, 1.807) is 36.4 Å². The smallest absolute Gasteiger partial charge is 0.279 e. The van der Waals surface area contributed by atoms with Crippen molar-refractivity contribution in [2.75, 3.05) is 43.5 Å². The maximum Gasteiger partial charge on any atom is 0.279 e. The fourth-order valence-corrected chi connectivity index (χ4v) is 3.28. The third-order valence-corrected chi connectivity index (χ3v) is 4.84. The number of hydrogen-bond acceptors (Lipinski definition) is 4. The van der Waals surface area contributed by atoms with E-state index in [0.29, 0.717) is 42.0 Å². The van der Waals surface area contributed by atoms with Crippen LogP contribution in [0.1, 0.15) is 12.5 Å². The van der Waals surface area contributed by atoms with E-state index in [-0.39, 0.29) is 24.9 Å². The van der Waals surface area contributed by atoms with Crippen molar-refractivity contribution in [3.63, 3.8) is 0 Å². The molecule has 1 heterocycles. The molecule has 1 aliphatic heterocycles. The van der Waals surface area contributed by atoms with Gasteiger partial charge in [0.15, 0.2) is 24.6 Å². The summed E-state index contributed by atoms with van der Waals surface area (Å²) in [6.45, 7) is 5.83. The van der Waals surface area contributed by atoms with Crippen LogP contribution in [0, 0.1) is 6.92 Å². The lowest BCUT2D eigenvalue weighted by Gasteiger charge is -2.20. The second-order valence-corrected chi connectivity index (χ2v) is 7.31. The van der Waals surface area contributed by atoms with E-state index in [9.17, 15) is 9.59 Å². The zero-order valence-electron chi connectivity index (χ0n) is 16.5. The van der Waals surface area contributed by atoms with Gasteiger partial charge in [-0.1, -0.05) is 11.6 Å². The highest BCUT2D eigenvalue weighted by Crippen LogP contribution is 2.32. The number of quaternary nitrogens is 1. The first-order valence-corrected chi connectivity index (χ1v) is 9.91. The van der Waals surface area contributed by atoms with Crippen LogP contribution in [-0.2, 0) is 9.59 Å². The van der Waals surface area contributed by atoms with E-state index in [1.165, 1.54) is 0 Å². The van der Waals surface area contributed by atoms with Gasteiger partial charge in [0.05, 0.1) is 6.54 Å². The molecule has 29 heavy (non-hydrogen) atoms. The van der Waals surface area contributed by atoms with Gasteiger partial charge >= 0.3 is 0 Å². The Labute approximate surface area is 174 Å². The monoisotopic (exact) mass is 418 g/mol. The number of carbonyl (C=O) groups excluding carboxylic acids is 2. The van der Waals surface area contributed by atoms with E-state index < -0.39 is 0 Å². The summed E-state index contributed by atoms with van der Waals surface area (Å²) in [5, 5.41) is 6.35. The van der Waals surface area contributed by atoms with Gasteiger partial charge in [-0.2, -0.15) is 0 Å². The molecule has 1 atom stereocenters. The molecule has 8 heteroatoms. The molecule has 7 nitrogen and oxygen atoms in total. The van der Waals surface area contributed by atoms with Crippen LogP contribution < -0.4 is 25.0 Å². The number of hydrogen-bond donors (Lipinski definition) is 3. The molecule has 0 radical (unpaired) electrons. The molecule has 2 aromatic carbocycles. The number of amides is 2. The van der Waals surface area contributed by atoms with E-state index in [2.05, 4.69) is 10.6 Å². The number of benzene rings is 2. The summed E-state index contributed by atoms with van der Waals surface area (Å²) in [6.07, 6.45) is 0. The summed E-state index contributed by atoms with van der Waals surface area (Å²) in [5.41, 5.74) is 2.24. The van der Waals surface area contributed by atoms with Gasteiger partial charge in [-0.05, 0) is 49.7 Å². The van der Waals surface area contributed by atoms with Crippen molar-refractivity contribution in [3.8, 4) is 11.5 Å². The van der Waals surface area contributed by atoms with Crippen LogP contribution in [0.3, 0.4) is 0 Å². The average molecular weight is 419 g/mol. The van der Waals surface area contributed by atoms with Crippen LogP contribution >= 0.6 is 11.6 Å². The lowest BCUT2D eigenvalue weighted by molar-refractivity contribution is -0.881. The minimum Gasteiger partial charge on any atom is -0.486 e. The summed E-state index contributed by atoms with van der Waals surface area (Å²) in [5.74, 6) is 0.962. The standard InChI is InChI=1S/C21H24ClN3O4/c1-3-25(13-21(27)24-17-6-4-15(22)10-14(17)2)12-20(26)23-16-5-7-18-19(11-16)29-9-8-28-18/h4-7,10-11H,3,8-9,12-13H2,1-2H3,(H,23,26)(H,24,27)/p+1. The van der Waals surface area contributed by atoms with Gasteiger partial charge in [-0.3, -0.25) is 9.59 Å². The zero-order chi connectivity index (χ0) is 20.8. The Hall–Kier alpha value is -2.77. The van der Waals surface area contributed by atoms with Gasteiger partial charge in [-0.15, -0.1) is 0 Å². The Morgan fingerprint density at radius 3 is 2.38 bits per heavy atom. The lowest BCUT2D eigenvalue weighted by atomic mass is 10.2. The molecule has 1 aliphatic rings. The Morgan fingerprint density at radius 2 is 1.69 bits per heavy atom. The van der Waals surface area contributed by atoms with E-state index in [4.69, 9.17) is 21.1 Å². The fourth-order valence-electron chi connectivity index (χ4n) is 3.05. The number of likely N-dealkylation sites (N-methyl/N-ethyl adjacent to an activating group) is 1. The number of halogens is 1. The van der Waals surface area contributed by atoms with Gasteiger partial charge in [0.2, 0.25) is 0 Å². The first-order valence-electron chi connectivity index (χ1n) is 9.53. The van der Waals surface area contributed by atoms with Crippen molar-refractivity contribution in [1.82, 2.24) is 0 Å². The topological polar surface area (TPSA) is 81.1 Å². The van der Waals surface area contributed by atoms with Crippen molar-refractivity contribution in [2.24, 2.45) is 0 Å². The van der Waals surface area contributed by atoms with Crippen LogP contribution in [0.5, 0.6) is 11.5 Å². The van der Waals surface area contributed by atoms with Crippen LogP contribution in [0.4, 0.5) is 11.4 Å². The summed E-state index contributed by atoms with van der Waals surface area (Å²) in [6, 6.07) is 10.6. The van der Waals surface area contributed by atoms with Crippen LogP contribution in [0.25, 0.3) is 0 Å². The summed E-state index contributed by atoms with van der Waals surface area (Å²) >= 11 is 5.95. The zero-order valence-corrected chi connectivity index (χ0v) is 17.3. The normalized spacial score (nSPS) is 13.5. The second-order valence-electron chi connectivity index (χ2n) is 6.87. The second kappa shape index (κ2) is 9.62. The highest BCUT2D eigenvalue weighted by molar-refractivity contribution is 6.30. The van der Waals surface area contributed by atoms with Crippen molar-refractivity contribution in [3.05, 3.63) is 47.0 Å². The maximum absolute atomic E-state index is 12.4. The third-order valence-electron chi connectivity index (χ3n) is 4.61. The number of nitrogens with one attached hydrogen (secondary N) is 3. The highest BCUT2D eigenvalue weighted by atomic mass is 35.5. The van der Waals surface area contributed by atoms with Crippen LogP contribution in [-0.4, -0.2) is 44.7 Å². The molecule has 0 saturated carbocycles. The number of fused-ring (bicyclic) bond motifs is 1. The Morgan fingerprint density at radius 1 is 1.00 bits per heavy atom. The maximum atomic E-state index is 12.4. The van der Waals surface area contributed by atoms with Crippen LogP contribution in [0.15, 0.2) is 36.4 Å². The summed E-state index contributed by atoms with van der Waals surface area (Å²) in [7, 11) is 0. The highest BCUT2D eigenvalue weighted by Gasteiger charge is 2.18. The molecular weight excluding hydrogens is 394 g/mol. The van der Waals surface area contributed by atoms with Gasteiger partial charge in [-0.25, -0.2) is 0 Å². The van der Waals surface area contributed by atoms with Crippen molar-refractivity contribution < 1.29 is 24.0 Å². The number of anilines is 2. The Kier molecular flexibility index (Phi) is 6.95. The fraction of sp³-hybridized carbons (Fsp3) is 0.333. The predicted octanol–water partition coefficient (Wildman–Crippen LogP) is 1.90. The van der Waals surface area contributed by atoms with Gasteiger partial charge < -0.3 is 25.0 Å². The van der Waals surface area contributed by atoms with E-state index in [0.717, 1.165) is 16.2 Å². The molecule has 0 saturated heterocycles. The number of aryl methyl sites for hydroxylation is 1. The molecule has 154 valence electrons. The van der Waals surface area contributed by atoms with Crippen molar-refractivity contribution >= 4 is 34.8 Å². The van der Waals surface area contributed by atoms with Crippen molar-refractivity contribution in [2.45, 2.75) is 13.8 Å². The molecule has 2 aromatic rings. The molecule has 0 aromatic heterocycles. The molecule has 0 spiro atoms. The first kappa shape index (κ1) is 21.0. The van der Waals surface area contributed by atoms with Crippen LogP contribution in [0.2, 0.25) is 5.02 Å². The lowest BCUT2D eigenvalue weighted by Crippen LogP contribution is -3.13. The molecule has 1 unspecified atom stereocenters. The predicted molar refractivity (Wildman–Crippen MR) is 112 cm³/mol. The molecule has 2 amide bonds. The number of rotatable bonds is 7. The average Bonchev–Trinajstić information content (AvgIpc) is 2.69. The minimum absolute atomic E-state index is 0.153. The molecule has 3 N–H and O–H groups in total. The Balaban J connectivity index is 1.53. The molecule has 0 bridgehead atoms. The quantitative estimate of drug-likeness (QED) is 0.641. The van der Waals surface area contributed by atoms with Gasteiger partial charge in [0, 0.05) is 22.5 Å². The first-order chi connectivity index (χ1) is 13.9. The number of ether oxygens (including phenoxy) is 2.